The summed E-state index contributed by atoms with van der Waals surface area (Å²) < 4.78 is 2.08. The van der Waals surface area contributed by atoms with E-state index in [1.54, 1.807) is 11.8 Å². The SMILES string of the molecule is Cn1c(SCc2c(Cl)cccc2Cl)nnc1C1CC1. The second kappa shape index (κ2) is 5.35. The Labute approximate surface area is 126 Å². The molecule has 1 aliphatic carbocycles. The minimum absolute atomic E-state index is 0.607. The van der Waals surface area contributed by atoms with Gasteiger partial charge in [0.15, 0.2) is 5.16 Å². The molecule has 1 aromatic carbocycles. The minimum Gasteiger partial charge on any atom is -0.309 e. The summed E-state index contributed by atoms with van der Waals surface area (Å²) in [5, 5.41) is 10.8. The quantitative estimate of drug-likeness (QED) is 0.789. The molecule has 2 aromatic rings. The Bertz CT molecular complexity index is 588. The first-order chi connectivity index (χ1) is 9.16. The molecule has 0 radical (unpaired) electrons. The zero-order chi connectivity index (χ0) is 13.4. The van der Waals surface area contributed by atoms with E-state index in [1.807, 2.05) is 25.2 Å². The van der Waals surface area contributed by atoms with Gasteiger partial charge in [-0.2, -0.15) is 0 Å². The van der Waals surface area contributed by atoms with Crippen LogP contribution in [0.15, 0.2) is 23.4 Å². The summed E-state index contributed by atoms with van der Waals surface area (Å²) in [6.07, 6.45) is 2.46. The molecule has 1 fully saturated rings. The fourth-order valence-corrected chi connectivity index (χ4v) is 3.62. The molecule has 0 bridgehead atoms. The Hall–Kier alpha value is -0.710. The van der Waals surface area contributed by atoms with Crippen molar-refractivity contribution in [3.63, 3.8) is 0 Å². The standard InChI is InChI=1S/C13H13Cl2N3S/c1-18-12(8-5-6-8)16-17-13(18)19-7-9-10(14)3-2-4-11(9)15/h2-4,8H,5-7H2,1H3. The van der Waals surface area contributed by atoms with E-state index in [-0.39, 0.29) is 0 Å². The predicted molar refractivity (Wildman–Crippen MR) is 79.0 cm³/mol. The van der Waals surface area contributed by atoms with E-state index < -0.39 is 0 Å². The van der Waals surface area contributed by atoms with Crippen molar-refractivity contribution in [1.29, 1.82) is 0 Å². The van der Waals surface area contributed by atoms with E-state index >= 15 is 0 Å². The lowest BCUT2D eigenvalue weighted by molar-refractivity contribution is 0.736. The topological polar surface area (TPSA) is 30.7 Å². The molecule has 0 N–H and O–H groups in total. The molecule has 6 heteroatoms. The van der Waals surface area contributed by atoms with Crippen molar-refractivity contribution in [2.75, 3.05) is 0 Å². The van der Waals surface area contributed by atoms with E-state index in [2.05, 4.69) is 14.8 Å². The van der Waals surface area contributed by atoms with Crippen molar-refractivity contribution in [2.24, 2.45) is 7.05 Å². The highest BCUT2D eigenvalue weighted by molar-refractivity contribution is 7.98. The lowest BCUT2D eigenvalue weighted by atomic mass is 10.2. The second-order valence-electron chi connectivity index (χ2n) is 4.66. The van der Waals surface area contributed by atoms with E-state index in [0.717, 1.165) is 16.5 Å². The number of halogens is 2. The number of hydrogen-bond donors (Lipinski definition) is 0. The Morgan fingerprint density at radius 3 is 2.58 bits per heavy atom. The maximum atomic E-state index is 6.16. The first kappa shape index (κ1) is 13.3. The number of benzene rings is 1. The second-order valence-corrected chi connectivity index (χ2v) is 6.42. The molecule has 100 valence electrons. The lowest BCUT2D eigenvalue weighted by Gasteiger charge is -2.06. The van der Waals surface area contributed by atoms with Crippen LogP contribution in [0.1, 0.15) is 30.1 Å². The average molecular weight is 314 g/mol. The van der Waals surface area contributed by atoms with Crippen LogP contribution in [0.2, 0.25) is 10.0 Å². The van der Waals surface area contributed by atoms with E-state index in [1.165, 1.54) is 12.8 Å². The maximum Gasteiger partial charge on any atom is 0.191 e. The molecule has 0 atom stereocenters. The van der Waals surface area contributed by atoms with Crippen molar-refractivity contribution >= 4 is 35.0 Å². The molecule has 0 saturated heterocycles. The van der Waals surface area contributed by atoms with E-state index in [4.69, 9.17) is 23.2 Å². The Kier molecular flexibility index (Phi) is 3.74. The Morgan fingerprint density at radius 1 is 1.26 bits per heavy atom. The van der Waals surface area contributed by atoms with Gasteiger partial charge in [-0.1, -0.05) is 41.0 Å². The third-order valence-corrected chi connectivity index (χ3v) is 4.97. The highest BCUT2D eigenvalue weighted by Crippen LogP contribution is 2.40. The highest BCUT2D eigenvalue weighted by Gasteiger charge is 2.29. The maximum absolute atomic E-state index is 6.16. The molecule has 0 spiro atoms. The summed E-state index contributed by atoms with van der Waals surface area (Å²) in [5.41, 5.74) is 0.951. The van der Waals surface area contributed by atoms with Crippen LogP contribution in [0, 0.1) is 0 Å². The van der Waals surface area contributed by atoms with Crippen LogP contribution in [0.3, 0.4) is 0 Å². The fraction of sp³-hybridized carbons (Fsp3) is 0.385. The minimum atomic E-state index is 0.607. The van der Waals surface area contributed by atoms with Crippen molar-refractivity contribution < 1.29 is 0 Å². The normalized spacial score (nSPS) is 14.9. The van der Waals surface area contributed by atoms with Crippen molar-refractivity contribution in [1.82, 2.24) is 14.8 Å². The van der Waals surface area contributed by atoms with Gasteiger partial charge in [-0.15, -0.1) is 10.2 Å². The molecule has 3 rings (SSSR count). The zero-order valence-electron chi connectivity index (χ0n) is 10.4. The molecule has 0 amide bonds. The molecule has 1 aromatic heterocycles. The molecule has 19 heavy (non-hydrogen) atoms. The van der Waals surface area contributed by atoms with Crippen LogP contribution in [0.25, 0.3) is 0 Å². The molecule has 0 unspecified atom stereocenters. The Morgan fingerprint density at radius 2 is 1.95 bits per heavy atom. The van der Waals surface area contributed by atoms with Gasteiger partial charge in [0.05, 0.1) is 0 Å². The molecular weight excluding hydrogens is 301 g/mol. The van der Waals surface area contributed by atoms with Gasteiger partial charge in [0, 0.05) is 28.8 Å². The van der Waals surface area contributed by atoms with Crippen LogP contribution in [0.4, 0.5) is 0 Å². The monoisotopic (exact) mass is 313 g/mol. The van der Waals surface area contributed by atoms with Gasteiger partial charge in [-0.3, -0.25) is 0 Å². The lowest BCUT2D eigenvalue weighted by Crippen LogP contribution is -1.97. The highest BCUT2D eigenvalue weighted by atomic mass is 35.5. The molecule has 3 nitrogen and oxygen atoms in total. The van der Waals surface area contributed by atoms with Gasteiger partial charge < -0.3 is 4.57 Å². The largest absolute Gasteiger partial charge is 0.309 e. The molecule has 1 heterocycles. The van der Waals surface area contributed by atoms with E-state index in [9.17, 15) is 0 Å². The molecule has 0 aliphatic heterocycles. The third kappa shape index (κ3) is 2.76. The number of aromatic nitrogens is 3. The average Bonchev–Trinajstić information content (AvgIpc) is 3.15. The van der Waals surface area contributed by atoms with Gasteiger partial charge in [-0.05, 0) is 30.5 Å². The van der Waals surface area contributed by atoms with Crippen LogP contribution in [-0.4, -0.2) is 14.8 Å². The number of hydrogen-bond acceptors (Lipinski definition) is 3. The van der Waals surface area contributed by atoms with E-state index in [0.29, 0.717) is 21.7 Å². The predicted octanol–water partition coefficient (Wildman–Crippen LogP) is 4.29. The summed E-state index contributed by atoms with van der Waals surface area (Å²) in [5.74, 6) is 2.40. The third-order valence-electron chi connectivity index (χ3n) is 3.22. The van der Waals surface area contributed by atoms with Crippen LogP contribution in [-0.2, 0) is 12.8 Å². The van der Waals surface area contributed by atoms with Gasteiger partial charge in [0.2, 0.25) is 0 Å². The summed E-state index contributed by atoms with van der Waals surface area (Å²) in [6, 6.07) is 5.57. The van der Waals surface area contributed by atoms with Crippen LogP contribution < -0.4 is 0 Å². The Balaban J connectivity index is 1.75. The van der Waals surface area contributed by atoms with Gasteiger partial charge >= 0.3 is 0 Å². The molecule has 1 saturated carbocycles. The van der Waals surface area contributed by atoms with Crippen LogP contribution in [0.5, 0.6) is 0 Å². The van der Waals surface area contributed by atoms with Crippen molar-refractivity contribution in [2.45, 2.75) is 29.7 Å². The molecule has 1 aliphatic rings. The number of rotatable bonds is 4. The van der Waals surface area contributed by atoms with Gasteiger partial charge in [0.1, 0.15) is 5.82 Å². The van der Waals surface area contributed by atoms with Gasteiger partial charge in [-0.25, -0.2) is 0 Å². The summed E-state index contributed by atoms with van der Waals surface area (Å²) in [7, 11) is 2.02. The first-order valence-electron chi connectivity index (χ1n) is 6.12. The summed E-state index contributed by atoms with van der Waals surface area (Å²) >= 11 is 13.9. The summed E-state index contributed by atoms with van der Waals surface area (Å²) in [4.78, 5) is 0. The van der Waals surface area contributed by atoms with Crippen molar-refractivity contribution in [3.05, 3.63) is 39.6 Å². The molecular formula is C13H13Cl2N3S. The smallest absolute Gasteiger partial charge is 0.191 e. The van der Waals surface area contributed by atoms with Crippen molar-refractivity contribution in [3.8, 4) is 0 Å². The number of nitrogens with zero attached hydrogens (tertiary/aromatic N) is 3. The first-order valence-corrected chi connectivity index (χ1v) is 7.86. The zero-order valence-corrected chi connectivity index (χ0v) is 12.8. The number of thioether (sulfide) groups is 1. The van der Waals surface area contributed by atoms with Gasteiger partial charge in [0.25, 0.3) is 0 Å². The van der Waals surface area contributed by atoms with Crippen LogP contribution >= 0.6 is 35.0 Å². The summed E-state index contributed by atoms with van der Waals surface area (Å²) in [6.45, 7) is 0. The fourth-order valence-electron chi connectivity index (χ4n) is 1.96.